The van der Waals surface area contributed by atoms with E-state index in [1.165, 1.54) is 5.56 Å². The number of carbonyl (C=O) groups is 1. The third-order valence-corrected chi connectivity index (χ3v) is 3.74. The van der Waals surface area contributed by atoms with Crippen molar-refractivity contribution in [2.45, 2.75) is 6.42 Å². The first-order chi connectivity index (χ1) is 9.65. The van der Waals surface area contributed by atoms with Gasteiger partial charge in [0.05, 0.1) is 5.56 Å². The Morgan fingerprint density at radius 1 is 1.45 bits per heavy atom. The lowest BCUT2D eigenvalue weighted by atomic mass is 10.1. The van der Waals surface area contributed by atoms with Crippen molar-refractivity contribution in [2.75, 3.05) is 18.0 Å². The van der Waals surface area contributed by atoms with Crippen LogP contribution >= 0.6 is 0 Å². The molecule has 4 nitrogen and oxygen atoms in total. The van der Waals surface area contributed by atoms with Gasteiger partial charge in [0.2, 0.25) is 0 Å². The molecular formula is C16H16N2O2. The fourth-order valence-corrected chi connectivity index (χ4v) is 2.59. The summed E-state index contributed by atoms with van der Waals surface area (Å²) < 4.78 is 0. The van der Waals surface area contributed by atoms with Crippen LogP contribution in [0.5, 0.6) is 0 Å². The summed E-state index contributed by atoms with van der Waals surface area (Å²) in [4.78, 5) is 13.3. The van der Waals surface area contributed by atoms with Gasteiger partial charge in [0.1, 0.15) is 0 Å². The highest BCUT2D eigenvalue weighted by atomic mass is 16.4. The summed E-state index contributed by atoms with van der Waals surface area (Å²) in [6.45, 7) is 5.68. The van der Waals surface area contributed by atoms with E-state index in [0.29, 0.717) is 5.56 Å². The lowest BCUT2D eigenvalue weighted by Crippen LogP contribution is -2.25. The molecular weight excluding hydrogens is 252 g/mol. The molecule has 20 heavy (non-hydrogen) atoms. The van der Waals surface area contributed by atoms with Crippen LogP contribution in [-0.4, -0.2) is 24.2 Å². The summed E-state index contributed by atoms with van der Waals surface area (Å²) in [5.74, 6) is -0.884. The van der Waals surface area contributed by atoms with E-state index in [1.807, 2.05) is 24.5 Å². The number of dihydropyridines is 1. The van der Waals surface area contributed by atoms with E-state index >= 15 is 0 Å². The maximum atomic E-state index is 11.1. The van der Waals surface area contributed by atoms with E-state index in [9.17, 15) is 4.79 Å². The van der Waals surface area contributed by atoms with E-state index < -0.39 is 5.97 Å². The third kappa shape index (κ3) is 2.20. The number of carboxylic acid groups (broad SMARTS) is 1. The van der Waals surface area contributed by atoms with Crippen LogP contribution < -0.4 is 10.2 Å². The largest absolute Gasteiger partial charge is 0.478 e. The maximum absolute atomic E-state index is 11.1. The molecule has 0 bridgehead atoms. The van der Waals surface area contributed by atoms with Crippen molar-refractivity contribution in [3.63, 3.8) is 0 Å². The molecule has 2 aliphatic rings. The SMILES string of the molecule is C=C1C=CNC=C1CN1CCc2ccc(C(=O)O)cc21. The summed E-state index contributed by atoms with van der Waals surface area (Å²) in [5.41, 5.74) is 4.69. The molecule has 0 fully saturated rings. The first kappa shape index (κ1) is 12.5. The summed E-state index contributed by atoms with van der Waals surface area (Å²) in [6.07, 6.45) is 6.70. The standard InChI is InChI=1S/C16H16N2O2/c1-11-4-6-17-9-14(11)10-18-7-5-12-2-3-13(16(19)20)8-15(12)18/h2-4,6,8-9,17H,1,5,7,10H2,(H,19,20). The zero-order chi connectivity index (χ0) is 14.1. The van der Waals surface area contributed by atoms with Crippen LogP contribution in [0.1, 0.15) is 15.9 Å². The molecule has 0 aromatic heterocycles. The van der Waals surface area contributed by atoms with Gasteiger partial charge in [-0.25, -0.2) is 4.79 Å². The summed E-state index contributed by atoms with van der Waals surface area (Å²) in [7, 11) is 0. The van der Waals surface area contributed by atoms with Crippen molar-refractivity contribution in [2.24, 2.45) is 0 Å². The number of anilines is 1. The number of benzene rings is 1. The smallest absolute Gasteiger partial charge is 0.335 e. The minimum Gasteiger partial charge on any atom is -0.478 e. The van der Waals surface area contributed by atoms with E-state index in [1.54, 1.807) is 12.1 Å². The lowest BCUT2D eigenvalue weighted by Gasteiger charge is -2.23. The Morgan fingerprint density at radius 3 is 3.05 bits per heavy atom. The molecule has 1 aromatic carbocycles. The maximum Gasteiger partial charge on any atom is 0.335 e. The Labute approximate surface area is 117 Å². The third-order valence-electron chi connectivity index (χ3n) is 3.74. The molecule has 2 N–H and O–H groups in total. The molecule has 2 heterocycles. The minimum atomic E-state index is -0.884. The molecule has 0 aliphatic carbocycles. The van der Waals surface area contributed by atoms with Crippen LogP contribution in [0.3, 0.4) is 0 Å². The fourth-order valence-electron chi connectivity index (χ4n) is 2.59. The Hall–Kier alpha value is -2.49. The molecule has 2 aliphatic heterocycles. The normalized spacial score (nSPS) is 16.7. The van der Waals surface area contributed by atoms with Crippen LogP contribution in [0.2, 0.25) is 0 Å². The van der Waals surface area contributed by atoms with Gasteiger partial charge in [-0.15, -0.1) is 0 Å². The fraction of sp³-hybridized carbons (Fsp3) is 0.188. The zero-order valence-electron chi connectivity index (χ0n) is 11.1. The van der Waals surface area contributed by atoms with Crippen molar-refractivity contribution in [1.82, 2.24) is 5.32 Å². The highest BCUT2D eigenvalue weighted by Crippen LogP contribution is 2.30. The highest BCUT2D eigenvalue weighted by Gasteiger charge is 2.22. The molecule has 0 radical (unpaired) electrons. The second-order valence-electron chi connectivity index (χ2n) is 5.02. The van der Waals surface area contributed by atoms with Crippen molar-refractivity contribution in [3.8, 4) is 0 Å². The summed E-state index contributed by atoms with van der Waals surface area (Å²) in [6, 6.07) is 5.36. The monoisotopic (exact) mass is 268 g/mol. The average Bonchev–Trinajstić information content (AvgIpc) is 2.84. The number of nitrogens with zero attached hydrogens (tertiary/aromatic N) is 1. The molecule has 0 unspecified atom stereocenters. The Balaban J connectivity index is 1.85. The van der Waals surface area contributed by atoms with Crippen LogP contribution in [0.25, 0.3) is 0 Å². The number of fused-ring (bicyclic) bond motifs is 1. The first-order valence-corrected chi connectivity index (χ1v) is 6.57. The average molecular weight is 268 g/mol. The Morgan fingerprint density at radius 2 is 2.30 bits per heavy atom. The van der Waals surface area contributed by atoms with Gasteiger partial charge in [0.15, 0.2) is 0 Å². The van der Waals surface area contributed by atoms with Crippen LogP contribution in [0.15, 0.2) is 54.4 Å². The van der Waals surface area contributed by atoms with Crippen LogP contribution in [0.4, 0.5) is 5.69 Å². The molecule has 4 heteroatoms. The molecule has 0 spiro atoms. The van der Waals surface area contributed by atoms with Gasteiger partial charge in [-0.3, -0.25) is 0 Å². The summed E-state index contributed by atoms with van der Waals surface area (Å²) >= 11 is 0. The second-order valence-corrected chi connectivity index (χ2v) is 5.02. The molecule has 0 saturated carbocycles. The van der Waals surface area contributed by atoms with Gasteiger partial charge >= 0.3 is 5.97 Å². The number of allylic oxidation sites excluding steroid dienone is 1. The zero-order valence-corrected chi connectivity index (χ0v) is 11.1. The molecule has 0 saturated heterocycles. The second kappa shape index (κ2) is 4.89. The number of hydrogen-bond donors (Lipinski definition) is 2. The Bertz CT molecular complexity index is 644. The quantitative estimate of drug-likeness (QED) is 0.883. The van der Waals surface area contributed by atoms with Gasteiger partial charge < -0.3 is 15.3 Å². The molecule has 1 aromatic rings. The van der Waals surface area contributed by atoms with E-state index in [2.05, 4.69) is 16.8 Å². The number of aromatic carboxylic acids is 1. The van der Waals surface area contributed by atoms with E-state index in [-0.39, 0.29) is 0 Å². The van der Waals surface area contributed by atoms with Crippen LogP contribution in [0, 0.1) is 0 Å². The van der Waals surface area contributed by atoms with Gasteiger partial charge in [-0.1, -0.05) is 12.6 Å². The highest BCUT2D eigenvalue weighted by molar-refractivity contribution is 5.89. The van der Waals surface area contributed by atoms with Gasteiger partial charge in [-0.2, -0.15) is 0 Å². The van der Waals surface area contributed by atoms with Crippen molar-refractivity contribution < 1.29 is 9.90 Å². The van der Waals surface area contributed by atoms with Gasteiger partial charge in [0.25, 0.3) is 0 Å². The Kier molecular flexibility index (Phi) is 3.06. The van der Waals surface area contributed by atoms with Crippen LogP contribution in [-0.2, 0) is 6.42 Å². The number of rotatable bonds is 3. The molecule has 0 atom stereocenters. The lowest BCUT2D eigenvalue weighted by molar-refractivity contribution is 0.0697. The molecule has 0 amide bonds. The van der Waals surface area contributed by atoms with E-state index in [0.717, 1.165) is 36.3 Å². The summed E-state index contributed by atoms with van der Waals surface area (Å²) in [5, 5.41) is 12.2. The first-order valence-electron chi connectivity index (χ1n) is 6.57. The van der Waals surface area contributed by atoms with Crippen molar-refractivity contribution in [3.05, 3.63) is 65.5 Å². The minimum absolute atomic E-state index is 0.338. The van der Waals surface area contributed by atoms with E-state index in [4.69, 9.17) is 5.11 Å². The predicted octanol–water partition coefficient (Wildman–Crippen LogP) is 2.30. The molecule has 3 rings (SSSR count). The number of carboxylic acids is 1. The number of hydrogen-bond acceptors (Lipinski definition) is 3. The van der Waals surface area contributed by atoms with Gasteiger partial charge in [0, 0.05) is 31.2 Å². The predicted molar refractivity (Wildman–Crippen MR) is 78.8 cm³/mol. The number of nitrogens with one attached hydrogen (secondary N) is 1. The molecule has 102 valence electrons. The topological polar surface area (TPSA) is 52.6 Å². The van der Waals surface area contributed by atoms with Crippen molar-refractivity contribution in [1.29, 1.82) is 0 Å². The van der Waals surface area contributed by atoms with Crippen molar-refractivity contribution >= 4 is 11.7 Å². The van der Waals surface area contributed by atoms with Gasteiger partial charge in [-0.05, 0) is 41.3 Å².